The topological polar surface area (TPSA) is 87.7 Å². The molecule has 0 unspecified atom stereocenters. The lowest BCUT2D eigenvalue weighted by atomic mass is 10.2. The number of hydrogen-bond acceptors (Lipinski definition) is 5. The van der Waals surface area contributed by atoms with Crippen molar-refractivity contribution in [2.45, 2.75) is 13.5 Å². The van der Waals surface area contributed by atoms with Crippen molar-refractivity contribution in [2.24, 2.45) is 0 Å². The minimum atomic E-state index is -0.342. The minimum Gasteiger partial charge on any atom is -0.494 e. The van der Waals surface area contributed by atoms with Gasteiger partial charge in [0.05, 0.1) is 12.4 Å². The third-order valence-electron chi connectivity index (χ3n) is 3.15. The van der Waals surface area contributed by atoms with Crippen LogP contribution in [0.5, 0.6) is 5.75 Å². The van der Waals surface area contributed by atoms with E-state index < -0.39 is 0 Å². The van der Waals surface area contributed by atoms with Crippen LogP contribution in [-0.4, -0.2) is 47.5 Å². The molecule has 1 fully saturated rings. The maximum Gasteiger partial charge on any atom is 0.315 e. The number of thioether (sulfide) groups is 1. The first-order valence-electron chi connectivity index (χ1n) is 7.30. The van der Waals surface area contributed by atoms with Crippen LogP contribution in [0, 0.1) is 0 Å². The highest BCUT2D eigenvalue weighted by atomic mass is 32.2. The van der Waals surface area contributed by atoms with Gasteiger partial charge in [-0.25, -0.2) is 4.79 Å². The molecule has 1 aliphatic heterocycles. The fourth-order valence-corrected chi connectivity index (χ4v) is 2.75. The monoisotopic (exact) mass is 337 g/mol. The minimum absolute atomic E-state index is 0.183. The van der Waals surface area contributed by atoms with Gasteiger partial charge in [-0.1, -0.05) is 23.9 Å². The van der Waals surface area contributed by atoms with E-state index >= 15 is 0 Å². The molecule has 8 heteroatoms. The second-order valence-corrected chi connectivity index (χ2v) is 5.71. The number of ether oxygens (including phenoxy) is 1. The van der Waals surface area contributed by atoms with Crippen molar-refractivity contribution in [3.8, 4) is 5.75 Å². The molecule has 0 atom stereocenters. The Hall–Kier alpha value is -2.22. The van der Waals surface area contributed by atoms with Crippen LogP contribution in [0.25, 0.3) is 0 Å². The van der Waals surface area contributed by atoms with Gasteiger partial charge in [-0.2, -0.15) is 0 Å². The summed E-state index contributed by atoms with van der Waals surface area (Å²) in [6.45, 7) is 3.34. The van der Waals surface area contributed by atoms with E-state index in [0.29, 0.717) is 13.2 Å². The zero-order chi connectivity index (χ0) is 16.7. The van der Waals surface area contributed by atoms with E-state index in [0.717, 1.165) is 28.0 Å². The Bertz CT molecular complexity index is 561. The number of carbonyl (C=O) groups is 3. The van der Waals surface area contributed by atoms with Gasteiger partial charge < -0.3 is 15.4 Å². The Labute approximate surface area is 138 Å². The van der Waals surface area contributed by atoms with Gasteiger partial charge in [0.15, 0.2) is 0 Å². The number of carbonyl (C=O) groups excluding carboxylic acids is 3. The maximum atomic E-state index is 11.7. The first kappa shape index (κ1) is 17.1. The summed E-state index contributed by atoms with van der Waals surface area (Å²) in [4.78, 5) is 35.6. The quantitative estimate of drug-likeness (QED) is 0.789. The molecule has 7 nitrogen and oxygen atoms in total. The van der Waals surface area contributed by atoms with Gasteiger partial charge in [0.2, 0.25) is 5.91 Å². The summed E-state index contributed by atoms with van der Waals surface area (Å²) >= 11 is 0.983. The van der Waals surface area contributed by atoms with Crippen LogP contribution in [0.4, 0.5) is 9.59 Å². The van der Waals surface area contributed by atoms with E-state index in [1.807, 2.05) is 31.2 Å². The molecule has 124 valence electrons. The lowest BCUT2D eigenvalue weighted by Crippen LogP contribution is -2.41. The average molecular weight is 337 g/mol. The van der Waals surface area contributed by atoms with Crippen molar-refractivity contribution in [3.05, 3.63) is 29.8 Å². The molecule has 0 aliphatic carbocycles. The molecule has 1 aliphatic rings. The van der Waals surface area contributed by atoms with Gasteiger partial charge in [-0.3, -0.25) is 14.5 Å². The summed E-state index contributed by atoms with van der Waals surface area (Å²) in [7, 11) is 0. The second-order valence-electron chi connectivity index (χ2n) is 4.79. The van der Waals surface area contributed by atoms with E-state index in [-0.39, 0.29) is 36.0 Å². The van der Waals surface area contributed by atoms with Crippen LogP contribution in [0.3, 0.4) is 0 Å². The molecule has 2 rings (SSSR count). The number of nitrogens with zero attached hydrogens (tertiary/aromatic N) is 1. The number of amides is 4. The highest BCUT2D eigenvalue weighted by Crippen LogP contribution is 2.17. The molecular formula is C15H19N3O4S. The van der Waals surface area contributed by atoms with Gasteiger partial charge in [0, 0.05) is 19.6 Å². The molecule has 1 saturated heterocycles. The lowest BCUT2D eigenvalue weighted by molar-refractivity contribution is -0.124. The molecule has 1 aromatic rings. The standard InChI is InChI=1S/C15H19N3O4S/c1-2-22-12-5-3-11(4-6-12)9-17-14(20)16-7-8-18-13(19)10-23-15(18)21/h3-6H,2,7-10H2,1H3,(H2,16,17,20). The summed E-state index contributed by atoms with van der Waals surface area (Å²) in [6.07, 6.45) is 0. The van der Waals surface area contributed by atoms with Crippen LogP contribution in [-0.2, 0) is 11.3 Å². The smallest absolute Gasteiger partial charge is 0.315 e. The molecule has 1 heterocycles. The Kier molecular flexibility index (Phi) is 6.28. The third-order valence-corrected chi connectivity index (χ3v) is 4.01. The number of nitrogens with one attached hydrogen (secondary N) is 2. The first-order valence-corrected chi connectivity index (χ1v) is 8.29. The molecule has 4 amide bonds. The Balaban J connectivity index is 1.66. The van der Waals surface area contributed by atoms with Crippen molar-refractivity contribution in [2.75, 3.05) is 25.4 Å². The van der Waals surface area contributed by atoms with Crippen LogP contribution >= 0.6 is 11.8 Å². The highest BCUT2D eigenvalue weighted by Gasteiger charge is 2.29. The van der Waals surface area contributed by atoms with Gasteiger partial charge >= 0.3 is 6.03 Å². The van der Waals surface area contributed by atoms with Crippen molar-refractivity contribution >= 4 is 28.9 Å². The van der Waals surface area contributed by atoms with E-state index in [1.165, 1.54) is 0 Å². The molecule has 0 saturated carbocycles. The molecule has 0 aromatic heterocycles. The molecule has 23 heavy (non-hydrogen) atoms. The van der Waals surface area contributed by atoms with E-state index in [2.05, 4.69) is 10.6 Å². The van der Waals surface area contributed by atoms with E-state index in [4.69, 9.17) is 4.74 Å². The Morgan fingerprint density at radius 3 is 2.61 bits per heavy atom. The van der Waals surface area contributed by atoms with Gasteiger partial charge in [-0.05, 0) is 24.6 Å². The summed E-state index contributed by atoms with van der Waals surface area (Å²) in [5.41, 5.74) is 0.949. The average Bonchev–Trinajstić information content (AvgIpc) is 2.86. The Morgan fingerprint density at radius 2 is 2.00 bits per heavy atom. The molecule has 0 radical (unpaired) electrons. The summed E-state index contributed by atoms with van der Waals surface area (Å²) in [5, 5.41) is 5.08. The summed E-state index contributed by atoms with van der Waals surface area (Å²) in [6, 6.07) is 7.11. The summed E-state index contributed by atoms with van der Waals surface area (Å²) in [5.74, 6) is 0.762. The van der Waals surface area contributed by atoms with Crippen molar-refractivity contribution in [3.63, 3.8) is 0 Å². The van der Waals surface area contributed by atoms with Crippen LogP contribution in [0.15, 0.2) is 24.3 Å². The SMILES string of the molecule is CCOc1ccc(CNC(=O)NCCN2C(=O)CSC2=O)cc1. The molecule has 0 bridgehead atoms. The van der Waals surface area contributed by atoms with E-state index in [9.17, 15) is 14.4 Å². The largest absolute Gasteiger partial charge is 0.494 e. The number of imide groups is 1. The van der Waals surface area contributed by atoms with Gasteiger partial charge in [0.1, 0.15) is 5.75 Å². The van der Waals surface area contributed by atoms with Crippen LogP contribution in [0.1, 0.15) is 12.5 Å². The third kappa shape index (κ3) is 5.17. The molecular weight excluding hydrogens is 318 g/mol. The first-order chi connectivity index (χ1) is 11.1. The van der Waals surface area contributed by atoms with Crippen molar-refractivity contribution < 1.29 is 19.1 Å². The summed E-state index contributed by atoms with van der Waals surface area (Å²) < 4.78 is 5.34. The Morgan fingerprint density at radius 1 is 1.26 bits per heavy atom. The number of benzene rings is 1. The fraction of sp³-hybridized carbons (Fsp3) is 0.400. The number of urea groups is 1. The normalized spacial score (nSPS) is 14.0. The highest BCUT2D eigenvalue weighted by molar-refractivity contribution is 8.14. The molecule has 0 spiro atoms. The lowest BCUT2D eigenvalue weighted by Gasteiger charge is -2.13. The molecule has 2 N–H and O–H groups in total. The van der Waals surface area contributed by atoms with Gasteiger partial charge in [0.25, 0.3) is 5.24 Å². The predicted molar refractivity (Wildman–Crippen MR) is 87.4 cm³/mol. The van der Waals surface area contributed by atoms with Crippen molar-refractivity contribution in [1.29, 1.82) is 0 Å². The second kappa shape index (κ2) is 8.42. The number of rotatable bonds is 7. The van der Waals surface area contributed by atoms with Gasteiger partial charge in [-0.15, -0.1) is 0 Å². The van der Waals surface area contributed by atoms with Crippen LogP contribution < -0.4 is 15.4 Å². The van der Waals surface area contributed by atoms with Crippen LogP contribution in [0.2, 0.25) is 0 Å². The fourth-order valence-electron chi connectivity index (χ4n) is 1.99. The van der Waals surface area contributed by atoms with Crippen molar-refractivity contribution in [1.82, 2.24) is 15.5 Å². The number of hydrogen-bond donors (Lipinski definition) is 2. The zero-order valence-corrected chi connectivity index (χ0v) is 13.6. The predicted octanol–water partition coefficient (Wildman–Crippen LogP) is 1.58. The maximum absolute atomic E-state index is 11.7. The van der Waals surface area contributed by atoms with E-state index in [1.54, 1.807) is 0 Å². The zero-order valence-electron chi connectivity index (χ0n) is 12.8. The molecule has 1 aromatic carbocycles.